The Morgan fingerprint density at radius 1 is 1.10 bits per heavy atom. The van der Waals surface area contributed by atoms with Crippen molar-refractivity contribution in [1.82, 2.24) is 10.0 Å². The van der Waals surface area contributed by atoms with Crippen LogP contribution in [0.2, 0.25) is 10.0 Å². The zero-order chi connectivity index (χ0) is 28.3. The van der Waals surface area contributed by atoms with E-state index in [9.17, 15) is 27.5 Å². The third kappa shape index (κ3) is 6.42. The highest BCUT2D eigenvalue weighted by molar-refractivity contribution is 7.89. The molecule has 3 aromatic rings. The van der Waals surface area contributed by atoms with E-state index >= 15 is 0 Å². The summed E-state index contributed by atoms with van der Waals surface area (Å²) >= 11 is 12.0. The summed E-state index contributed by atoms with van der Waals surface area (Å²) in [4.78, 5) is 25.5. The maximum Gasteiger partial charge on any atom is 0.316 e. The highest BCUT2D eigenvalue weighted by Crippen LogP contribution is 2.33. The van der Waals surface area contributed by atoms with Gasteiger partial charge in [0.15, 0.2) is 17.3 Å². The first-order valence-corrected chi connectivity index (χ1v) is 14.2. The van der Waals surface area contributed by atoms with Gasteiger partial charge >= 0.3 is 5.97 Å². The van der Waals surface area contributed by atoms with Crippen LogP contribution < -0.4 is 14.8 Å². The lowest BCUT2D eigenvalue weighted by molar-refractivity contribution is -0.148. The molecule has 1 saturated heterocycles. The normalized spacial score (nSPS) is 17.0. The number of methoxy groups -OCH3 is 1. The first-order valence-electron chi connectivity index (χ1n) is 11.9. The Labute approximate surface area is 235 Å². The van der Waals surface area contributed by atoms with Crippen LogP contribution in [-0.4, -0.2) is 45.0 Å². The molecule has 3 N–H and O–H groups in total. The van der Waals surface area contributed by atoms with Crippen molar-refractivity contribution >= 4 is 45.0 Å². The molecular weight excluding hydrogens is 570 g/mol. The molecule has 1 aliphatic heterocycles. The molecule has 1 unspecified atom stereocenters. The second-order valence-corrected chi connectivity index (χ2v) is 11.6. The van der Waals surface area contributed by atoms with Crippen LogP contribution in [0.25, 0.3) is 11.1 Å². The smallest absolute Gasteiger partial charge is 0.316 e. The van der Waals surface area contributed by atoms with Crippen LogP contribution in [0.4, 0.5) is 4.39 Å². The summed E-state index contributed by atoms with van der Waals surface area (Å²) in [5.74, 6) is -4.45. The zero-order valence-corrected chi connectivity index (χ0v) is 23.0. The molecule has 3 atom stereocenters. The standard InChI is InChI=1S/C27H25Cl2FN2O6S/c1-38-22-6-2-4-20(24(22)30)15-7-9-16(10-8-15)25(23(27(34)35)26(33)21-5-3-11-31-21)32-39(36,37)19-13-17(28)12-18(29)14-19/h2,4,6-10,12-14,21,23,25,31-32H,3,5,11H2,1H3,(H,34,35)/t21?,23-,25-/m0/s1. The van der Waals surface area contributed by atoms with E-state index in [-0.39, 0.29) is 31.8 Å². The number of aliphatic carboxylic acids is 1. The lowest BCUT2D eigenvalue weighted by atomic mass is 9.86. The van der Waals surface area contributed by atoms with E-state index in [2.05, 4.69) is 10.0 Å². The van der Waals surface area contributed by atoms with E-state index in [0.29, 0.717) is 24.9 Å². The van der Waals surface area contributed by atoms with Gasteiger partial charge in [-0.05, 0) is 54.8 Å². The molecule has 12 heteroatoms. The largest absolute Gasteiger partial charge is 0.494 e. The lowest BCUT2D eigenvalue weighted by Crippen LogP contribution is -2.46. The predicted molar refractivity (Wildman–Crippen MR) is 145 cm³/mol. The Bertz CT molecular complexity index is 1470. The highest BCUT2D eigenvalue weighted by Gasteiger charge is 2.42. The SMILES string of the molecule is COc1cccc(-c2ccc([C@H](NS(=O)(=O)c3cc(Cl)cc(Cl)c3)[C@H](C(=O)O)C(=O)C3CCCN3)cc2)c1F. The van der Waals surface area contributed by atoms with Crippen LogP contribution in [0.5, 0.6) is 5.75 Å². The third-order valence-corrected chi connectivity index (χ3v) is 8.36. The number of nitrogens with one attached hydrogen (secondary N) is 2. The van der Waals surface area contributed by atoms with Gasteiger partial charge < -0.3 is 15.2 Å². The van der Waals surface area contributed by atoms with Crippen molar-refractivity contribution in [2.75, 3.05) is 13.7 Å². The lowest BCUT2D eigenvalue weighted by Gasteiger charge is -2.27. The van der Waals surface area contributed by atoms with E-state index in [1.54, 1.807) is 12.1 Å². The molecule has 0 bridgehead atoms. The zero-order valence-electron chi connectivity index (χ0n) is 20.7. The van der Waals surface area contributed by atoms with Gasteiger partial charge in [-0.25, -0.2) is 17.5 Å². The summed E-state index contributed by atoms with van der Waals surface area (Å²) in [5, 5.41) is 13.2. The second kappa shape index (κ2) is 12.0. The average Bonchev–Trinajstić information content (AvgIpc) is 3.43. The summed E-state index contributed by atoms with van der Waals surface area (Å²) in [7, 11) is -3.05. The Morgan fingerprint density at radius 2 is 1.77 bits per heavy atom. The molecule has 0 aromatic heterocycles. The number of carboxylic acids is 1. The number of carbonyl (C=O) groups is 2. The molecule has 0 radical (unpaired) electrons. The molecule has 1 heterocycles. The van der Waals surface area contributed by atoms with E-state index in [1.165, 1.54) is 43.5 Å². The van der Waals surface area contributed by atoms with Crippen molar-refractivity contribution in [3.63, 3.8) is 0 Å². The summed E-state index contributed by atoms with van der Waals surface area (Å²) in [6, 6.07) is 12.0. The molecule has 1 fully saturated rings. The Morgan fingerprint density at radius 3 is 2.33 bits per heavy atom. The number of carboxylic acid groups (broad SMARTS) is 1. The molecule has 0 aliphatic carbocycles. The highest BCUT2D eigenvalue weighted by atomic mass is 35.5. The molecule has 0 saturated carbocycles. The monoisotopic (exact) mass is 594 g/mol. The number of Topliss-reactive ketones (excluding diaryl/α,β-unsaturated/α-hetero) is 1. The van der Waals surface area contributed by atoms with Crippen LogP contribution in [-0.2, 0) is 19.6 Å². The summed E-state index contributed by atoms with van der Waals surface area (Å²) in [6.45, 7) is 0.543. The molecule has 0 amide bonds. The Kier molecular flexibility index (Phi) is 8.93. The number of halogens is 3. The second-order valence-electron chi connectivity index (χ2n) is 9.02. The summed E-state index contributed by atoms with van der Waals surface area (Å²) < 4.78 is 49.0. The molecule has 39 heavy (non-hydrogen) atoms. The van der Waals surface area contributed by atoms with Crippen molar-refractivity contribution in [1.29, 1.82) is 0 Å². The van der Waals surface area contributed by atoms with Crippen LogP contribution in [0.3, 0.4) is 0 Å². The van der Waals surface area contributed by atoms with Gasteiger partial charge in [0.05, 0.1) is 24.1 Å². The fraction of sp³-hybridized carbons (Fsp3) is 0.259. The quantitative estimate of drug-likeness (QED) is 0.287. The number of rotatable bonds is 10. The van der Waals surface area contributed by atoms with E-state index in [1.807, 2.05) is 0 Å². The third-order valence-electron chi connectivity index (χ3n) is 6.50. The van der Waals surface area contributed by atoms with Gasteiger partial charge in [0.25, 0.3) is 0 Å². The van der Waals surface area contributed by atoms with Crippen molar-refractivity contribution in [2.45, 2.75) is 29.8 Å². The average molecular weight is 595 g/mol. The number of benzene rings is 3. The summed E-state index contributed by atoms with van der Waals surface area (Å²) in [6.07, 6.45) is 1.11. The number of hydrogen-bond acceptors (Lipinski definition) is 6. The molecular formula is C27H25Cl2FN2O6S. The first-order chi connectivity index (χ1) is 18.5. The topological polar surface area (TPSA) is 122 Å². The number of carbonyl (C=O) groups excluding carboxylic acids is 1. The number of sulfonamides is 1. The first kappa shape index (κ1) is 29.0. The number of hydrogen-bond donors (Lipinski definition) is 3. The van der Waals surface area contributed by atoms with Crippen molar-refractivity contribution in [3.8, 4) is 16.9 Å². The van der Waals surface area contributed by atoms with Crippen molar-refractivity contribution < 1.29 is 32.2 Å². The van der Waals surface area contributed by atoms with Gasteiger partial charge in [-0.1, -0.05) is 59.6 Å². The fourth-order valence-electron chi connectivity index (χ4n) is 4.58. The minimum absolute atomic E-state index is 0.0444. The van der Waals surface area contributed by atoms with Gasteiger partial charge in [0, 0.05) is 15.6 Å². The van der Waals surface area contributed by atoms with Crippen LogP contribution in [0, 0.1) is 11.7 Å². The molecule has 3 aromatic carbocycles. The van der Waals surface area contributed by atoms with Crippen LogP contribution in [0.15, 0.2) is 65.6 Å². The van der Waals surface area contributed by atoms with Crippen LogP contribution in [0.1, 0.15) is 24.4 Å². The molecule has 1 aliphatic rings. The van der Waals surface area contributed by atoms with E-state index < -0.39 is 45.6 Å². The predicted octanol–water partition coefficient (Wildman–Crippen LogP) is 4.85. The number of ether oxygens (including phenoxy) is 1. The molecule has 206 valence electrons. The van der Waals surface area contributed by atoms with Gasteiger partial charge in [0.1, 0.15) is 5.92 Å². The van der Waals surface area contributed by atoms with Crippen molar-refractivity contribution in [3.05, 3.63) is 82.1 Å². The van der Waals surface area contributed by atoms with Crippen LogP contribution >= 0.6 is 23.2 Å². The Hall–Kier alpha value is -3.02. The van der Waals surface area contributed by atoms with E-state index in [4.69, 9.17) is 27.9 Å². The van der Waals surface area contributed by atoms with Gasteiger partial charge in [-0.2, -0.15) is 0 Å². The minimum atomic E-state index is -4.40. The summed E-state index contributed by atoms with van der Waals surface area (Å²) in [5.41, 5.74) is 0.860. The molecule has 8 nitrogen and oxygen atoms in total. The van der Waals surface area contributed by atoms with E-state index in [0.717, 1.165) is 12.1 Å². The van der Waals surface area contributed by atoms with Gasteiger partial charge in [0.2, 0.25) is 10.0 Å². The minimum Gasteiger partial charge on any atom is -0.494 e. The van der Waals surface area contributed by atoms with Crippen molar-refractivity contribution in [2.24, 2.45) is 5.92 Å². The van der Waals surface area contributed by atoms with Gasteiger partial charge in [-0.15, -0.1) is 0 Å². The fourth-order valence-corrected chi connectivity index (χ4v) is 6.54. The molecule has 0 spiro atoms. The molecule has 4 rings (SSSR count). The maximum absolute atomic E-state index is 14.8. The van der Waals surface area contributed by atoms with Gasteiger partial charge in [-0.3, -0.25) is 9.59 Å². The maximum atomic E-state index is 14.8. The number of ketones is 1. The Balaban J connectivity index is 1.78.